The summed E-state index contributed by atoms with van der Waals surface area (Å²) >= 11 is 0. The van der Waals surface area contributed by atoms with Gasteiger partial charge in [-0.1, -0.05) is 6.08 Å². The minimum atomic E-state index is -0.797. The molecule has 0 fully saturated rings. The van der Waals surface area contributed by atoms with E-state index >= 15 is 0 Å². The smallest absolute Gasteiger partial charge is 0.405 e. The van der Waals surface area contributed by atoms with Gasteiger partial charge in [0, 0.05) is 0 Å². The molecule has 1 unspecified atom stereocenters. The fraction of sp³-hybridized carbons (Fsp3) is 0.571. The molecule has 1 aliphatic rings. The van der Waals surface area contributed by atoms with Gasteiger partial charge < -0.3 is 19.9 Å². The first kappa shape index (κ1) is 9.02. The molecule has 0 bridgehead atoms. The highest BCUT2D eigenvalue weighted by Crippen LogP contribution is 1.99. The van der Waals surface area contributed by atoms with E-state index in [1.165, 1.54) is 0 Å². The summed E-state index contributed by atoms with van der Waals surface area (Å²) < 4.78 is 14.6. The van der Waals surface area contributed by atoms with Gasteiger partial charge in [0.05, 0.1) is 13.2 Å². The van der Waals surface area contributed by atoms with Crippen LogP contribution in [-0.2, 0) is 14.2 Å². The summed E-state index contributed by atoms with van der Waals surface area (Å²) in [5.41, 5.74) is 4.83. The van der Waals surface area contributed by atoms with Gasteiger partial charge in [-0.2, -0.15) is 0 Å². The molecule has 12 heavy (non-hydrogen) atoms. The van der Waals surface area contributed by atoms with Crippen molar-refractivity contribution in [1.82, 2.24) is 0 Å². The van der Waals surface area contributed by atoms with Gasteiger partial charge in [0.25, 0.3) is 0 Å². The van der Waals surface area contributed by atoms with Crippen LogP contribution in [0.25, 0.3) is 0 Å². The van der Waals surface area contributed by atoms with Gasteiger partial charge in [-0.3, -0.25) is 0 Å². The maximum Gasteiger partial charge on any atom is 0.405 e. The summed E-state index contributed by atoms with van der Waals surface area (Å²) in [6.07, 6.45) is 2.25. The quantitative estimate of drug-likeness (QED) is 0.567. The van der Waals surface area contributed by atoms with Crippen molar-refractivity contribution in [3.63, 3.8) is 0 Å². The third-order valence-corrected chi connectivity index (χ3v) is 1.28. The van der Waals surface area contributed by atoms with Gasteiger partial charge in [0.2, 0.25) is 0 Å². The zero-order chi connectivity index (χ0) is 8.81. The van der Waals surface area contributed by atoms with Gasteiger partial charge in [0.1, 0.15) is 12.9 Å². The van der Waals surface area contributed by atoms with Crippen molar-refractivity contribution >= 4 is 6.09 Å². The molecule has 68 valence electrons. The molecule has 5 heteroatoms. The molecule has 0 aromatic heterocycles. The van der Waals surface area contributed by atoms with E-state index < -0.39 is 12.2 Å². The van der Waals surface area contributed by atoms with Crippen LogP contribution in [0.5, 0.6) is 0 Å². The lowest BCUT2D eigenvalue weighted by Crippen LogP contribution is -2.26. The molecule has 0 radical (unpaired) electrons. The summed E-state index contributed by atoms with van der Waals surface area (Å²) in [6.45, 7) is 0.945. The first-order valence-electron chi connectivity index (χ1n) is 3.57. The van der Waals surface area contributed by atoms with Gasteiger partial charge in [-0.15, -0.1) is 0 Å². The van der Waals surface area contributed by atoms with E-state index in [4.69, 9.17) is 19.9 Å². The van der Waals surface area contributed by atoms with Crippen molar-refractivity contribution in [2.75, 3.05) is 20.0 Å². The van der Waals surface area contributed by atoms with Gasteiger partial charge in [-0.25, -0.2) is 4.79 Å². The molecule has 2 N–H and O–H groups in total. The highest BCUT2D eigenvalue weighted by molar-refractivity contribution is 5.65. The van der Waals surface area contributed by atoms with E-state index in [0.717, 1.165) is 0 Å². The third-order valence-electron chi connectivity index (χ3n) is 1.28. The fourth-order valence-corrected chi connectivity index (χ4v) is 0.825. The Hall–Kier alpha value is -1.07. The number of primary amides is 1. The maximum atomic E-state index is 10.3. The molecular weight excluding hydrogens is 162 g/mol. The second kappa shape index (κ2) is 4.74. The molecule has 0 saturated heterocycles. The van der Waals surface area contributed by atoms with Crippen molar-refractivity contribution in [3.05, 3.63) is 12.2 Å². The van der Waals surface area contributed by atoms with Crippen LogP contribution in [0.3, 0.4) is 0 Å². The second-order valence-corrected chi connectivity index (χ2v) is 2.26. The SMILES string of the molecule is NC(=O)OC1/C=C/COCOC1. The monoisotopic (exact) mass is 173 g/mol. The highest BCUT2D eigenvalue weighted by atomic mass is 16.7. The number of carbonyl (C=O) groups is 1. The number of rotatable bonds is 1. The Bertz CT molecular complexity index is 180. The molecule has 1 amide bonds. The average Bonchev–Trinajstić information content (AvgIpc) is 1.93. The van der Waals surface area contributed by atoms with E-state index in [1.54, 1.807) is 12.2 Å². The van der Waals surface area contributed by atoms with Crippen LogP contribution >= 0.6 is 0 Å². The van der Waals surface area contributed by atoms with Crippen molar-refractivity contribution in [2.45, 2.75) is 6.10 Å². The van der Waals surface area contributed by atoms with E-state index in [9.17, 15) is 4.79 Å². The summed E-state index contributed by atoms with van der Waals surface area (Å²) in [4.78, 5) is 10.3. The van der Waals surface area contributed by atoms with E-state index in [0.29, 0.717) is 6.61 Å². The van der Waals surface area contributed by atoms with Crippen LogP contribution in [-0.4, -0.2) is 32.2 Å². The van der Waals surface area contributed by atoms with Gasteiger partial charge in [0.15, 0.2) is 0 Å². The normalized spacial score (nSPS) is 26.8. The lowest BCUT2D eigenvalue weighted by atomic mass is 10.3. The van der Waals surface area contributed by atoms with Crippen LogP contribution in [0.1, 0.15) is 0 Å². The van der Waals surface area contributed by atoms with Crippen molar-refractivity contribution in [3.8, 4) is 0 Å². The predicted molar refractivity (Wildman–Crippen MR) is 40.4 cm³/mol. The van der Waals surface area contributed by atoms with E-state index in [-0.39, 0.29) is 13.4 Å². The summed E-state index contributed by atoms with van der Waals surface area (Å²) in [5, 5.41) is 0. The summed E-state index contributed by atoms with van der Waals surface area (Å²) in [7, 11) is 0. The van der Waals surface area contributed by atoms with Crippen molar-refractivity contribution < 1.29 is 19.0 Å². The van der Waals surface area contributed by atoms with E-state index in [1.807, 2.05) is 0 Å². The zero-order valence-corrected chi connectivity index (χ0v) is 6.56. The van der Waals surface area contributed by atoms with Crippen molar-refractivity contribution in [1.29, 1.82) is 0 Å². The maximum absolute atomic E-state index is 10.3. The Morgan fingerprint density at radius 3 is 3.17 bits per heavy atom. The first-order valence-corrected chi connectivity index (χ1v) is 3.57. The van der Waals surface area contributed by atoms with Crippen LogP contribution < -0.4 is 5.73 Å². The molecule has 1 atom stereocenters. The number of nitrogens with two attached hydrogens (primary N) is 1. The molecule has 0 aliphatic carbocycles. The topological polar surface area (TPSA) is 70.8 Å². The molecule has 1 rings (SSSR count). The minimum Gasteiger partial charge on any atom is -0.440 e. The first-order chi connectivity index (χ1) is 5.79. The Kier molecular flexibility index (Phi) is 3.56. The highest BCUT2D eigenvalue weighted by Gasteiger charge is 2.09. The Balaban J connectivity index is 2.38. The Labute approximate surface area is 70.1 Å². The zero-order valence-electron chi connectivity index (χ0n) is 6.56. The number of ether oxygens (including phenoxy) is 3. The number of hydrogen-bond acceptors (Lipinski definition) is 4. The summed E-state index contributed by atoms with van der Waals surface area (Å²) in [5.74, 6) is 0. The van der Waals surface area contributed by atoms with E-state index in [2.05, 4.69) is 0 Å². The number of carbonyl (C=O) groups excluding carboxylic acids is 1. The minimum absolute atomic E-state index is 0.211. The lowest BCUT2D eigenvalue weighted by Gasteiger charge is -2.15. The number of amides is 1. The predicted octanol–water partition coefficient (Wildman–Crippen LogP) is 0.0108. The molecule has 0 saturated carbocycles. The average molecular weight is 173 g/mol. The van der Waals surface area contributed by atoms with Gasteiger partial charge >= 0.3 is 6.09 Å². The second-order valence-electron chi connectivity index (χ2n) is 2.26. The largest absolute Gasteiger partial charge is 0.440 e. The van der Waals surface area contributed by atoms with Crippen LogP contribution in [0, 0.1) is 0 Å². The lowest BCUT2D eigenvalue weighted by molar-refractivity contribution is -0.0696. The molecule has 0 aromatic carbocycles. The third kappa shape index (κ3) is 3.36. The van der Waals surface area contributed by atoms with Crippen LogP contribution in [0.4, 0.5) is 4.79 Å². The fourth-order valence-electron chi connectivity index (χ4n) is 0.825. The summed E-state index contributed by atoms with van der Waals surface area (Å²) in [6, 6.07) is 0. The molecule has 1 heterocycles. The van der Waals surface area contributed by atoms with Crippen molar-refractivity contribution in [2.24, 2.45) is 5.73 Å². The number of hydrogen-bond donors (Lipinski definition) is 1. The molecule has 0 spiro atoms. The Morgan fingerprint density at radius 1 is 1.58 bits per heavy atom. The molecule has 5 nitrogen and oxygen atoms in total. The standard InChI is InChI=1S/C7H11NO4/c8-7(9)12-6-2-1-3-10-5-11-4-6/h1-2,6H,3-5H2,(H2,8,9)/b2-1+. The molecular formula is C7H11NO4. The molecule has 0 aromatic rings. The van der Waals surface area contributed by atoms with Crippen LogP contribution in [0.15, 0.2) is 12.2 Å². The Morgan fingerprint density at radius 2 is 2.42 bits per heavy atom. The molecule has 1 aliphatic heterocycles. The van der Waals surface area contributed by atoms with Crippen LogP contribution in [0.2, 0.25) is 0 Å². The van der Waals surface area contributed by atoms with Gasteiger partial charge in [-0.05, 0) is 6.08 Å².